The zero-order valence-electron chi connectivity index (χ0n) is 10.3. The minimum absolute atomic E-state index is 0.0139. The van der Waals surface area contributed by atoms with Gasteiger partial charge in [0.1, 0.15) is 5.69 Å². The predicted octanol–water partition coefficient (Wildman–Crippen LogP) is 0.982. The molecule has 2 atom stereocenters. The summed E-state index contributed by atoms with van der Waals surface area (Å²) in [5.74, 6) is 1.55. The number of fused-ring (bicyclic) bond motifs is 5. The number of guanidine groups is 1. The van der Waals surface area contributed by atoms with Crippen molar-refractivity contribution in [3.63, 3.8) is 0 Å². The first-order chi connectivity index (χ1) is 8.81. The molecule has 0 aromatic carbocycles. The quantitative estimate of drug-likeness (QED) is 0.802. The Hall–Kier alpha value is -1.85. The van der Waals surface area contributed by atoms with E-state index >= 15 is 0 Å². The van der Waals surface area contributed by atoms with Crippen molar-refractivity contribution in [2.24, 2.45) is 4.99 Å². The predicted molar refractivity (Wildman–Crippen MR) is 66.6 cm³/mol. The first kappa shape index (κ1) is 10.1. The molecule has 4 rings (SSSR count). The van der Waals surface area contributed by atoms with Gasteiger partial charge < -0.3 is 4.98 Å². The molecule has 1 amide bonds. The van der Waals surface area contributed by atoms with Crippen molar-refractivity contribution >= 4 is 17.7 Å². The number of rotatable bonds is 1. The number of hydrogen-bond acceptors (Lipinski definition) is 4. The average Bonchev–Trinajstić information content (AvgIpc) is 3.01. The van der Waals surface area contributed by atoms with Crippen LogP contribution in [0.2, 0.25) is 0 Å². The molecular formula is C12H15N5O. The Balaban J connectivity index is 1.89. The highest BCUT2D eigenvalue weighted by Crippen LogP contribution is 2.39. The van der Waals surface area contributed by atoms with Gasteiger partial charge in [0.05, 0.1) is 18.4 Å². The number of hydrogen-bond donors (Lipinski definition) is 1. The Bertz CT molecular complexity index is 548. The lowest BCUT2D eigenvalue weighted by molar-refractivity contribution is 0.0841. The van der Waals surface area contributed by atoms with Gasteiger partial charge in [-0.25, -0.2) is 9.98 Å². The van der Waals surface area contributed by atoms with Crippen LogP contribution in [-0.2, 0) is 0 Å². The Morgan fingerprint density at radius 3 is 3.22 bits per heavy atom. The van der Waals surface area contributed by atoms with Crippen molar-refractivity contribution in [3.8, 4) is 0 Å². The highest BCUT2D eigenvalue weighted by Gasteiger charge is 2.48. The van der Waals surface area contributed by atoms with Crippen molar-refractivity contribution in [2.45, 2.75) is 38.3 Å². The van der Waals surface area contributed by atoms with Gasteiger partial charge in [0.15, 0.2) is 5.82 Å². The lowest BCUT2D eigenvalue weighted by Gasteiger charge is -2.35. The maximum absolute atomic E-state index is 12.3. The van der Waals surface area contributed by atoms with Crippen molar-refractivity contribution < 1.29 is 4.79 Å². The molecule has 3 heterocycles. The van der Waals surface area contributed by atoms with Crippen LogP contribution in [0, 0.1) is 0 Å². The monoisotopic (exact) mass is 245 g/mol. The fourth-order valence-electron chi connectivity index (χ4n) is 3.32. The van der Waals surface area contributed by atoms with Crippen LogP contribution >= 0.6 is 0 Å². The molecule has 0 radical (unpaired) electrons. The molecule has 0 bridgehead atoms. The number of carbonyl (C=O) groups excluding carboxylic acids is 1. The zero-order valence-corrected chi connectivity index (χ0v) is 10.3. The first-order valence-corrected chi connectivity index (χ1v) is 6.53. The largest absolute Gasteiger partial charge is 0.339 e. The van der Waals surface area contributed by atoms with Gasteiger partial charge in [-0.15, -0.1) is 0 Å². The van der Waals surface area contributed by atoms with Gasteiger partial charge in [-0.05, 0) is 26.2 Å². The van der Waals surface area contributed by atoms with Gasteiger partial charge in [0, 0.05) is 6.54 Å². The summed E-state index contributed by atoms with van der Waals surface area (Å²) >= 11 is 0. The molecule has 0 unspecified atom stereocenters. The van der Waals surface area contributed by atoms with E-state index < -0.39 is 0 Å². The van der Waals surface area contributed by atoms with Gasteiger partial charge in [-0.3, -0.25) is 14.6 Å². The van der Waals surface area contributed by atoms with Crippen LogP contribution in [0.1, 0.15) is 36.7 Å². The van der Waals surface area contributed by atoms with E-state index in [0.717, 1.165) is 24.6 Å². The van der Waals surface area contributed by atoms with E-state index in [2.05, 4.69) is 14.9 Å². The number of anilines is 1. The summed E-state index contributed by atoms with van der Waals surface area (Å²) < 4.78 is 0. The SMILES string of the molecule is CCN1C(=O)c2[nH]cnc2N2C1=N[C@@H]1CCC[C@@H]12. The van der Waals surface area contributed by atoms with E-state index in [9.17, 15) is 4.79 Å². The second kappa shape index (κ2) is 3.34. The second-order valence-electron chi connectivity index (χ2n) is 5.02. The molecular weight excluding hydrogens is 230 g/mol. The third-order valence-corrected chi connectivity index (χ3v) is 4.14. The van der Waals surface area contributed by atoms with Crippen LogP contribution in [0.4, 0.5) is 5.82 Å². The number of H-pyrrole nitrogens is 1. The van der Waals surface area contributed by atoms with E-state index in [4.69, 9.17) is 4.99 Å². The third kappa shape index (κ3) is 1.06. The highest BCUT2D eigenvalue weighted by molar-refractivity contribution is 6.18. The Kier molecular flexibility index (Phi) is 1.87. The van der Waals surface area contributed by atoms with Gasteiger partial charge >= 0.3 is 0 Å². The minimum atomic E-state index is -0.0139. The summed E-state index contributed by atoms with van der Waals surface area (Å²) in [6.45, 7) is 2.63. The molecule has 6 heteroatoms. The van der Waals surface area contributed by atoms with E-state index in [0.29, 0.717) is 24.3 Å². The third-order valence-electron chi connectivity index (χ3n) is 4.14. The number of aliphatic imine (C=N–C) groups is 1. The van der Waals surface area contributed by atoms with Crippen LogP contribution in [0.15, 0.2) is 11.3 Å². The Morgan fingerprint density at radius 2 is 2.39 bits per heavy atom. The number of aromatic nitrogens is 2. The summed E-state index contributed by atoms with van der Waals surface area (Å²) in [7, 11) is 0. The smallest absolute Gasteiger partial charge is 0.280 e. The standard InChI is InChI=1S/C12H15N5O/c1-2-16-11(18)9-10(14-6-13-9)17-8-5-3-4-7(8)15-12(16)17/h6-8H,2-5H2,1H3,(H,13,14)/t7-,8+/m1/s1. The molecule has 0 spiro atoms. The van der Waals surface area contributed by atoms with Crippen LogP contribution < -0.4 is 4.90 Å². The number of imidazole rings is 1. The second-order valence-corrected chi connectivity index (χ2v) is 5.02. The Labute approximate surface area is 105 Å². The fraction of sp³-hybridized carbons (Fsp3) is 0.583. The van der Waals surface area contributed by atoms with Gasteiger partial charge in [0.2, 0.25) is 5.96 Å². The molecule has 1 aromatic heterocycles. The lowest BCUT2D eigenvalue weighted by Crippen LogP contribution is -2.52. The van der Waals surface area contributed by atoms with Crippen molar-refractivity contribution in [1.82, 2.24) is 14.9 Å². The summed E-state index contributed by atoms with van der Waals surface area (Å²) in [6.07, 6.45) is 5.07. The van der Waals surface area contributed by atoms with Crippen molar-refractivity contribution in [2.75, 3.05) is 11.4 Å². The van der Waals surface area contributed by atoms with E-state index in [1.807, 2.05) is 6.92 Å². The first-order valence-electron chi connectivity index (χ1n) is 6.53. The maximum Gasteiger partial charge on any atom is 0.280 e. The van der Waals surface area contributed by atoms with E-state index in [-0.39, 0.29) is 5.91 Å². The van der Waals surface area contributed by atoms with Gasteiger partial charge in [-0.1, -0.05) is 0 Å². The Morgan fingerprint density at radius 1 is 1.50 bits per heavy atom. The number of amides is 1. The topological polar surface area (TPSA) is 64.6 Å². The normalized spacial score (nSPS) is 29.2. The van der Waals surface area contributed by atoms with Crippen LogP contribution in [0.3, 0.4) is 0 Å². The molecule has 2 aliphatic heterocycles. The molecule has 1 saturated carbocycles. The van der Waals surface area contributed by atoms with E-state index in [1.54, 1.807) is 11.2 Å². The summed E-state index contributed by atoms with van der Waals surface area (Å²) in [4.78, 5) is 28.3. The molecule has 3 aliphatic rings. The molecule has 1 N–H and O–H groups in total. The lowest BCUT2D eigenvalue weighted by atomic mass is 10.1. The van der Waals surface area contributed by atoms with E-state index in [1.165, 1.54) is 6.42 Å². The molecule has 18 heavy (non-hydrogen) atoms. The van der Waals surface area contributed by atoms with Crippen LogP contribution in [0.25, 0.3) is 0 Å². The number of nitrogens with one attached hydrogen (secondary N) is 1. The highest BCUT2D eigenvalue weighted by atomic mass is 16.2. The minimum Gasteiger partial charge on any atom is -0.339 e. The van der Waals surface area contributed by atoms with Crippen molar-refractivity contribution in [1.29, 1.82) is 0 Å². The molecule has 0 saturated heterocycles. The van der Waals surface area contributed by atoms with Gasteiger partial charge in [-0.2, -0.15) is 0 Å². The zero-order chi connectivity index (χ0) is 12.3. The van der Waals surface area contributed by atoms with Gasteiger partial charge in [0.25, 0.3) is 5.91 Å². The van der Waals surface area contributed by atoms with Crippen LogP contribution in [-0.4, -0.2) is 45.4 Å². The molecule has 6 nitrogen and oxygen atoms in total. The van der Waals surface area contributed by atoms with Crippen molar-refractivity contribution in [3.05, 3.63) is 12.0 Å². The molecule has 1 aliphatic carbocycles. The molecule has 1 aromatic rings. The molecule has 94 valence electrons. The molecule has 1 fully saturated rings. The summed E-state index contributed by atoms with van der Waals surface area (Å²) in [5, 5.41) is 0. The van der Waals surface area contributed by atoms with Crippen LogP contribution in [0.5, 0.6) is 0 Å². The summed E-state index contributed by atoms with van der Waals surface area (Å²) in [6, 6.07) is 0.730. The fourth-order valence-corrected chi connectivity index (χ4v) is 3.32. The maximum atomic E-state index is 12.3. The number of aromatic amines is 1. The number of nitrogens with zero attached hydrogens (tertiary/aromatic N) is 4. The summed E-state index contributed by atoms with van der Waals surface area (Å²) in [5.41, 5.74) is 0.600. The number of carbonyl (C=O) groups is 1. The average molecular weight is 245 g/mol.